The standard InChI is InChI=1S/C12H7N3O2.H2O/c16-15(17)10-7-8-3-1-5-13-11(8)12-9(10)4-2-6-14-12;/h1-7H;1H2. The van der Waals surface area contributed by atoms with Gasteiger partial charge < -0.3 is 5.48 Å². The summed E-state index contributed by atoms with van der Waals surface area (Å²) in [6, 6.07) is 8.45. The normalized spacial score (nSPS) is 10.2. The predicted octanol–water partition coefficient (Wildman–Crippen LogP) is 1.87. The summed E-state index contributed by atoms with van der Waals surface area (Å²) in [5.41, 5.74) is 1.32. The van der Waals surface area contributed by atoms with Crippen molar-refractivity contribution in [1.29, 1.82) is 0 Å². The van der Waals surface area contributed by atoms with Crippen LogP contribution in [0.4, 0.5) is 5.69 Å². The second-order valence-corrected chi connectivity index (χ2v) is 3.63. The smallest absolute Gasteiger partial charge is 0.279 e. The van der Waals surface area contributed by atoms with Crippen molar-refractivity contribution < 1.29 is 10.4 Å². The van der Waals surface area contributed by atoms with E-state index in [4.69, 9.17) is 0 Å². The summed E-state index contributed by atoms with van der Waals surface area (Å²) in [4.78, 5) is 19.0. The Morgan fingerprint density at radius 2 is 1.72 bits per heavy atom. The Morgan fingerprint density at radius 3 is 2.44 bits per heavy atom. The molecular weight excluding hydrogens is 234 g/mol. The number of nitrogens with zero attached hydrogens (tertiary/aromatic N) is 3. The molecule has 2 N–H and O–H groups in total. The Balaban J connectivity index is 0.00000120. The molecule has 18 heavy (non-hydrogen) atoms. The van der Waals surface area contributed by atoms with Gasteiger partial charge in [-0.1, -0.05) is 6.07 Å². The van der Waals surface area contributed by atoms with Crippen LogP contribution in [0, 0.1) is 10.1 Å². The van der Waals surface area contributed by atoms with Crippen LogP contribution < -0.4 is 0 Å². The molecule has 1 aromatic carbocycles. The van der Waals surface area contributed by atoms with Crippen LogP contribution in [0.2, 0.25) is 0 Å². The third kappa shape index (κ3) is 1.64. The number of pyridine rings is 2. The van der Waals surface area contributed by atoms with Crippen molar-refractivity contribution in [3.05, 3.63) is 52.8 Å². The highest BCUT2D eigenvalue weighted by molar-refractivity contribution is 6.07. The maximum atomic E-state index is 11.0. The van der Waals surface area contributed by atoms with E-state index in [2.05, 4.69) is 9.97 Å². The Kier molecular flexibility index (Phi) is 2.86. The highest BCUT2D eigenvalue weighted by atomic mass is 16.6. The second-order valence-electron chi connectivity index (χ2n) is 3.63. The van der Waals surface area contributed by atoms with Crippen molar-refractivity contribution in [2.45, 2.75) is 0 Å². The molecule has 0 bridgehead atoms. The Bertz CT molecular complexity index is 743. The third-order valence-corrected chi connectivity index (χ3v) is 2.64. The molecule has 6 nitrogen and oxygen atoms in total. The molecule has 0 aliphatic carbocycles. The average Bonchev–Trinajstić information content (AvgIpc) is 2.37. The predicted molar refractivity (Wildman–Crippen MR) is 67.3 cm³/mol. The van der Waals surface area contributed by atoms with Gasteiger partial charge in [-0.2, -0.15) is 0 Å². The number of rotatable bonds is 1. The van der Waals surface area contributed by atoms with E-state index in [1.165, 1.54) is 6.07 Å². The monoisotopic (exact) mass is 243 g/mol. The molecule has 3 rings (SSSR count). The molecule has 0 atom stereocenters. The summed E-state index contributed by atoms with van der Waals surface area (Å²) < 4.78 is 0. The molecule has 0 amide bonds. The van der Waals surface area contributed by atoms with Crippen molar-refractivity contribution in [3.8, 4) is 0 Å². The highest BCUT2D eigenvalue weighted by Crippen LogP contribution is 2.30. The zero-order chi connectivity index (χ0) is 11.8. The van der Waals surface area contributed by atoms with Crippen molar-refractivity contribution >= 4 is 27.5 Å². The van der Waals surface area contributed by atoms with E-state index in [1.807, 2.05) is 0 Å². The molecule has 0 aliphatic heterocycles. The molecule has 3 aromatic rings. The lowest BCUT2D eigenvalue weighted by atomic mass is 10.1. The average molecular weight is 243 g/mol. The van der Waals surface area contributed by atoms with E-state index in [9.17, 15) is 10.1 Å². The third-order valence-electron chi connectivity index (χ3n) is 2.64. The molecule has 0 aliphatic rings. The van der Waals surface area contributed by atoms with Gasteiger partial charge in [-0.15, -0.1) is 0 Å². The van der Waals surface area contributed by atoms with Gasteiger partial charge in [0.2, 0.25) is 0 Å². The van der Waals surface area contributed by atoms with E-state index in [-0.39, 0.29) is 11.2 Å². The first-order valence-corrected chi connectivity index (χ1v) is 5.04. The van der Waals surface area contributed by atoms with Crippen LogP contribution in [0.5, 0.6) is 0 Å². The minimum Gasteiger partial charge on any atom is -0.412 e. The topological polar surface area (TPSA) is 100 Å². The number of fused-ring (bicyclic) bond motifs is 3. The Labute approximate surface area is 101 Å². The van der Waals surface area contributed by atoms with Gasteiger partial charge in [0.25, 0.3) is 5.69 Å². The van der Waals surface area contributed by atoms with E-state index < -0.39 is 4.92 Å². The number of hydrogen-bond acceptors (Lipinski definition) is 4. The zero-order valence-corrected chi connectivity index (χ0v) is 9.20. The van der Waals surface area contributed by atoms with Gasteiger partial charge in [0.15, 0.2) is 0 Å². The van der Waals surface area contributed by atoms with Crippen LogP contribution >= 0.6 is 0 Å². The molecule has 0 saturated heterocycles. The number of benzene rings is 1. The van der Waals surface area contributed by atoms with Crippen LogP contribution in [0.15, 0.2) is 42.7 Å². The van der Waals surface area contributed by atoms with E-state index >= 15 is 0 Å². The van der Waals surface area contributed by atoms with Gasteiger partial charge in [0, 0.05) is 23.8 Å². The van der Waals surface area contributed by atoms with Gasteiger partial charge in [0.05, 0.1) is 15.8 Å². The number of aromatic nitrogens is 2. The van der Waals surface area contributed by atoms with Crippen LogP contribution in [0.1, 0.15) is 0 Å². The zero-order valence-electron chi connectivity index (χ0n) is 9.20. The SMILES string of the molecule is O.O=[N+]([O-])c1cc2cccnc2c2ncccc12. The van der Waals surface area contributed by atoms with Crippen molar-refractivity contribution in [3.63, 3.8) is 0 Å². The lowest BCUT2D eigenvalue weighted by Crippen LogP contribution is -1.92. The molecule has 2 heterocycles. The highest BCUT2D eigenvalue weighted by Gasteiger charge is 2.15. The summed E-state index contributed by atoms with van der Waals surface area (Å²) >= 11 is 0. The maximum absolute atomic E-state index is 11.0. The molecule has 90 valence electrons. The number of nitro groups is 1. The second kappa shape index (κ2) is 4.34. The van der Waals surface area contributed by atoms with Gasteiger partial charge in [0.1, 0.15) is 5.52 Å². The first-order valence-electron chi connectivity index (χ1n) is 5.04. The van der Waals surface area contributed by atoms with Crippen molar-refractivity contribution in [2.75, 3.05) is 0 Å². The van der Waals surface area contributed by atoms with Crippen molar-refractivity contribution in [2.24, 2.45) is 0 Å². The van der Waals surface area contributed by atoms with Crippen LogP contribution in [-0.4, -0.2) is 20.4 Å². The molecule has 0 fully saturated rings. The Hall–Kier alpha value is -2.60. The molecule has 0 unspecified atom stereocenters. The number of nitro benzene ring substituents is 1. The first kappa shape index (κ1) is 11.9. The summed E-state index contributed by atoms with van der Waals surface area (Å²) in [7, 11) is 0. The van der Waals surface area contributed by atoms with Gasteiger partial charge >= 0.3 is 0 Å². The van der Waals surface area contributed by atoms with Crippen LogP contribution in [-0.2, 0) is 0 Å². The van der Waals surface area contributed by atoms with E-state index in [1.54, 1.807) is 36.7 Å². The summed E-state index contributed by atoms with van der Waals surface area (Å²) in [5, 5.41) is 12.3. The van der Waals surface area contributed by atoms with E-state index in [0.717, 1.165) is 5.39 Å². The molecule has 0 radical (unpaired) electrons. The fourth-order valence-corrected chi connectivity index (χ4v) is 1.91. The number of hydrogen-bond donors (Lipinski definition) is 0. The Morgan fingerprint density at radius 1 is 1.06 bits per heavy atom. The molecule has 6 heteroatoms. The van der Waals surface area contributed by atoms with Crippen molar-refractivity contribution in [1.82, 2.24) is 9.97 Å². The first-order chi connectivity index (χ1) is 8.27. The molecule has 0 spiro atoms. The van der Waals surface area contributed by atoms with Crippen LogP contribution in [0.3, 0.4) is 0 Å². The minimum atomic E-state index is -0.392. The molecular formula is C12H9N3O3. The van der Waals surface area contributed by atoms with Gasteiger partial charge in [-0.3, -0.25) is 20.1 Å². The van der Waals surface area contributed by atoms with Crippen LogP contribution in [0.25, 0.3) is 21.8 Å². The fraction of sp³-hybridized carbons (Fsp3) is 0. The lowest BCUT2D eigenvalue weighted by Gasteiger charge is -2.02. The maximum Gasteiger partial charge on any atom is 0.279 e. The quantitative estimate of drug-likeness (QED) is 0.370. The lowest BCUT2D eigenvalue weighted by molar-refractivity contribution is -0.382. The minimum absolute atomic E-state index is 0. The molecule has 2 aromatic heterocycles. The summed E-state index contributed by atoms with van der Waals surface area (Å²) in [6.45, 7) is 0. The summed E-state index contributed by atoms with van der Waals surface area (Å²) in [6.07, 6.45) is 3.27. The van der Waals surface area contributed by atoms with E-state index in [0.29, 0.717) is 16.4 Å². The van der Waals surface area contributed by atoms with Gasteiger partial charge in [-0.05, 0) is 18.2 Å². The van der Waals surface area contributed by atoms with Gasteiger partial charge in [-0.25, -0.2) is 0 Å². The fourth-order valence-electron chi connectivity index (χ4n) is 1.91. The largest absolute Gasteiger partial charge is 0.412 e. The summed E-state index contributed by atoms with van der Waals surface area (Å²) in [5.74, 6) is 0. The number of non-ortho nitro benzene ring substituents is 1. The molecule has 0 saturated carbocycles.